The van der Waals surface area contributed by atoms with Crippen molar-refractivity contribution in [3.05, 3.63) is 64.1 Å². The van der Waals surface area contributed by atoms with Crippen LogP contribution in [0, 0.1) is 5.82 Å². The van der Waals surface area contributed by atoms with E-state index in [1.54, 1.807) is 10.7 Å². The number of halogens is 2. The molecule has 1 amide bonds. The Balaban J connectivity index is 1.52. The van der Waals surface area contributed by atoms with Gasteiger partial charge >= 0.3 is 0 Å². The van der Waals surface area contributed by atoms with Crippen LogP contribution in [-0.4, -0.2) is 46.9 Å². The summed E-state index contributed by atoms with van der Waals surface area (Å²) in [7, 11) is 1.81. The van der Waals surface area contributed by atoms with Crippen molar-refractivity contribution in [2.75, 3.05) is 26.3 Å². The van der Waals surface area contributed by atoms with Gasteiger partial charge < -0.3 is 10.1 Å². The number of morpholine rings is 1. The molecule has 2 heterocycles. The Morgan fingerprint density at radius 1 is 1.21 bits per heavy atom. The molecule has 1 aliphatic rings. The normalized spacial score (nSPS) is 15.0. The molecule has 1 aromatic heterocycles. The van der Waals surface area contributed by atoms with Crippen LogP contribution in [0.15, 0.2) is 36.4 Å². The van der Waals surface area contributed by atoms with Crippen molar-refractivity contribution in [3.63, 3.8) is 0 Å². The highest BCUT2D eigenvalue weighted by molar-refractivity contribution is 6.30. The molecule has 0 aliphatic carbocycles. The molecule has 0 radical (unpaired) electrons. The number of rotatable bonds is 5. The Hall–Kier alpha value is -2.48. The molecule has 8 heteroatoms. The Bertz CT molecular complexity index is 1050. The van der Waals surface area contributed by atoms with E-state index in [0.29, 0.717) is 11.3 Å². The molecule has 1 saturated heterocycles. The monoisotopic (exact) mass is 416 g/mol. The van der Waals surface area contributed by atoms with Gasteiger partial charge in [-0.2, -0.15) is 5.10 Å². The first-order valence-corrected chi connectivity index (χ1v) is 9.87. The molecule has 3 aromatic rings. The molecule has 152 valence electrons. The van der Waals surface area contributed by atoms with Crippen molar-refractivity contribution < 1.29 is 13.9 Å². The van der Waals surface area contributed by atoms with Crippen molar-refractivity contribution in [1.29, 1.82) is 0 Å². The molecule has 0 unspecified atom stereocenters. The fourth-order valence-electron chi connectivity index (χ4n) is 3.51. The summed E-state index contributed by atoms with van der Waals surface area (Å²) in [5, 5.41) is 8.08. The van der Waals surface area contributed by atoms with Crippen molar-refractivity contribution in [2.24, 2.45) is 7.05 Å². The van der Waals surface area contributed by atoms with Gasteiger partial charge in [-0.05, 0) is 35.4 Å². The number of nitrogens with one attached hydrogen (secondary N) is 1. The molecule has 6 nitrogen and oxygen atoms in total. The Morgan fingerprint density at radius 2 is 1.97 bits per heavy atom. The highest BCUT2D eigenvalue weighted by Crippen LogP contribution is 2.21. The van der Waals surface area contributed by atoms with Crippen molar-refractivity contribution in [3.8, 4) is 0 Å². The summed E-state index contributed by atoms with van der Waals surface area (Å²) in [6, 6.07) is 10.6. The zero-order valence-corrected chi connectivity index (χ0v) is 16.9. The van der Waals surface area contributed by atoms with E-state index in [9.17, 15) is 9.18 Å². The molecule has 1 N–H and O–H groups in total. The lowest BCUT2D eigenvalue weighted by Crippen LogP contribution is -2.35. The number of carbonyl (C=O) groups excluding carboxylic acids is 1. The average Bonchev–Trinajstić information content (AvgIpc) is 3.05. The van der Waals surface area contributed by atoms with Gasteiger partial charge in [-0.3, -0.25) is 14.4 Å². The zero-order valence-electron chi connectivity index (χ0n) is 16.1. The van der Waals surface area contributed by atoms with Crippen LogP contribution < -0.4 is 5.32 Å². The summed E-state index contributed by atoms with van der Waals surface area (Å²) in [5.41, 5.74) is 3.01. The first-order valence-electron chi connectivity index (χ1n) is 9.49. The van der Waals surface area contributed by atoms with Gasteiger partial charge in [-0.15, -0.1) is 0 Å². The summed E-state index contributed by atoms with van der Waals surface area (Å²) in [6.07, 6.45) is 0. The van der Waals surface area contributed by atoms with Crippen LogP contribution >= 0.6 is 11.6 Å². The quantitative estimate of drug-likeness (QED) is 0.694. The molecule has 2 aromatic carbocycles. The molecule has 0 saturated carbocycles. The summed E-state index contributed by atoms with van der Waals surface area (Å²) in [5.74, 6) is -0.802. The minimum atomic E-state index is -0.505. The maximum Gasteiger partial charge on any atom is 0.272 e. The molecule has 4 rings (SSSR count). The smallest absolute Gasteiger partial charge is 0.272 e. The van der Waals surface area contributed by atoms with E-state index in [4.69, 9.17) is 16.3 Å². The topological polar surface area (TPSA) is 59.4 Å². The predicted molar refractivity (Wildman–Crippen MR) is 109 cm³/mol. The number of fused-ring (bicyclic) bond motifs is 1. The maximum absolute atomic E-state index is 13.6. The van der Waals surface area contributed by atoms with Crippen molar-refractivity contribution >= 4 is 28.4 Å². The summed E-state index contributed by atoms with van der Waals surface area (Å²) < 4.78 is 20.7. The first-order chi connectivity index (χ1) is 14.0. The highest BCUT2D eigenvalue weighted by atomic mass is 35.5. The van der Waals surface area contributed by atoms with E-state index in [1.165, 1.54) is 12.1 Å². The molecule has 29 heavy (non-hydrogen) atoms. The van der Waals surface area contributed by atoms with E-state index >= 15 is 0 Å². The third-order valence-electron chi connectivity index (χ3n) is 5.08. The highest BCUT2D eigenvalue weighted by Gasteiger charge is 2.18. The van der Waals surface area contributed by atoms with Crippen LogP contribution in [-0.2, 0) is 24.9 Å². The number of amides is 1. The molecular weight excluding hydrogens is 395 g/mol. The van der Waals surface area contributed by atoms with Gasteiger partial charge in [-0.1, -0.05) is 23.7 Å². The number of aryl methyl sites for hydroxylation is 1. The lowest BCUT2D eigenvalue weighted by atomic mass is 10.1. The molecule has 0 atom stereocenters. The van der Waals surface area contributed by atoms with Crippen LogP contribution in [0.3, 0.4) is 0 Å². The fraction of sp³-hybridized carbons (Fsp3) is 0.333. The van der Waals surface area contributed by atoms with Gasteiger partial charge in [0.15, 0.2) is 5.69 Å². The fourth-order valence-corrected chi connectivity index (χ4v) is 3.63. The number of hydrogen-bond acceptors (Lipinski definition) is 4. The standard InChI is InChI=1S/C21H22ClFN4O2/c1-26-19-5-3-15(13-27-6-8-29-9-7-27)10-16(19)20(25-26)21(28)24-12-14-2-4-17(22)18(23)11-14/h2-5,10-11H,6-9,12-13H2,1H3,(H,24,28). The average molecular weight is 417 g/mol. The van der Waals surface area contributed by atoms with Crippen LogP contribution in [0.4, 0.5) is 4.39 Å². The van der Waals surface area contributed by atoms with Crippen molar-refractivity contribution in [1.82, 2.24) is 20.0 Å². The molecule has 1 fully saturated rings. The number of carbonyl (C=O) groups is 1. The summed E-state index contributed by atoms with van der Waals surface area (Å²) in [6.45, 7) is 4.28. The maximum atomic E-state index is 13.6. The van der Waals surface area contributed by atoms with Gasteiger partial charge in [0.1, 0.15) is 5.82 Å². The minimum Gasteiger partial charge on any atom is -0.379 e. The van der Waals surface area contributed by atoms with Crippen LogP contribution in [0.1, 0.15) is 21.6 Å². The number of nitrogens with zero attached hydrogens (tertiary/aromatic N) is 3. The number of hydrogen-bond donors (Lipinski definition) is 1. The Kier molecular flexibility index (Phi) is 5.80. The first kappa shape index (κ1) is 19.8. The second-order valence-electron chi connectivity index (χ2n) is 7.14. The summed E-state index contributed by atoms with van der Waals surface area (Å²) >= 11 is 5.71. The number of benzene rings is 2. The van der Waals surface area contributed by atoms with E-state index < -0.39 is 5.82 Å². The Morgan fingerprint density at radius 3 is 2.72 bits per heavy atom. The summed E-state index contributed by atoms with van der Waals surface area (Å²) in [4.78, 5) is 15.1. The van der Waals surface area contributed by atoms with E-state index in [2.05, 4.69) is 21.4 Å². The van der Waals surface area contributed by atoms with Gasteiger partial charge in [0, 0.05) is 38.6 Å². The molecular formula is C21H22ClFN4O2. The zero-order chi connectivity index (χ0) is 20.4. The van der Waals surface area contributed by atoms with Crippen molar-refractivity contribution in [2.45, 2.75) is 13.1 Å². The molecule has 0 bridgehead atoms. The second kappa shape index (κ2) is 8.49. The van der Waals surface area contributed by atoms with Crippen LogP contribution in [0.2, 0.25) is 5.02 Å². The van der Waals surface area contributed by atoms with Crippen LogP contribution in [0.5, 0.6) is 0 Å². The SMILES string of the molecule is Cn1nc(C(=O)NCc2ccc(Cl)c(F)c2)c2cc(CN3CCOCC3)ccc21. The van der Waals surface area contributed by atoms with E-state index in [-0.39, 0.29) is 17.5 Å². The number of aromatic nitrogens is 2. The molecule has 1 aliphatic heterocycles. The second-order valence-corrected chi connectivity index (χ2v) is 7.55. The Labute approximate surface area is 173 Å². The lowest BCUT2D eigenvalue weighted by molar-refractivity contribution is 0.0342. The van der Waals surface area contributed by atoms with Gasteiger partial charge in [-0.25, -0.2) is 4.39 Å². The molecule has 0 spiro atoms. The third-order valence-corrected chi connectivity index (χ3v) is 5.38. The van der Waals surface area contributed by atoms with E-state index in [1.807, 2.05) is 19.2 Å². The lowest BCUT2D eigenvalue weighted by Gasteiger charge is -2.26. The third kappa shape index (κ3) is 4.42. The van der Waals surface area contributed by atoms with Gasteiger partial charge in [0.25, 0.3) is 5.91 Å². The minimum absolute atomic E-state index is 0.0589. The van der Waals surface area contributed by atoms with Gasteiger partial charge in [0.05, 0.1) is 23.8 Å². The van der Waals surface area contributed by atoms with E-state index in [0.717, 1.165) is 49.3 Å². The predicted octanol–water partition coefficient (Wildman–Crippen LogP) is 3.13. The van der Waals surface area contributed by atoms with Gasteiger partial charge in [0.2, 0.25) is 0 Å². The number of ether oxygens (including phenoxy) is 1. The van der Waals surface area contributed by atoms with Crippen LogP contribution in [0.25, 0.3) is 10.9 Å². The largest absolute Gasteiger partial charge is 0.379 e.